The van der Waals surface area contributed by atoms with Crippen LogP contribution in [0.3, 0.4) is 0 Å². The molecule has 0 saturated carbocycles. The number of guanidine groups is 1. The van der Waals surface area contributed by atoms with Gasteiger partial charge in [-0.25, -0.2) is 0 Å². The van der Waals surface area contributed by atoms with E-state index < -0.39 is 0 Å². The van der Waals surface area contributed by atoms with Gasteiger partial charge in [0.15, 0.2) is 5.96 Å². The summed E-state index contributed by atoms with van der Waals surface area (Å²) in [5.41, 5.74) is 8.00. The van der Waals surface area contributed by atoms with E-state index in [2.05, 4.69) is 15.3 Å². The van der Waals surface area contributed by atoms with Gasteiger partial charge in [0.05, 0.1) is 6.54 Å². The van der Waals surface area contributed by atoms with Gasteiger partial charge < -0.3 is 15.8 Å². The second kappa shape index (κ2) is 10.8. The Bertz CT molecular complexity index is 605. The summed E-state index contributed by atoms with van der Waals surface area (Å²) < 4.78 is 5.63. The van der Waals surface area contributed by atoms with Crippen molar-refractivity contribution >= 4 is 29.9 Å². The van der Waals surface area contributed by atoms with Crippen molar-refractivity contribution in [3.05, 3.63) is 59.9 Å². The first-order valence-electron chi connectivity index (χ1n) is 7.37. The quantitative estimate of drug-likeness (QED) is 0.309. The number of nitrogens with two attached hydrogens (primary N) is 1. The van der Waals surface area contributed by atoms with Crippen LogP contribution in [0.15, 0.2) is 53.7 Å². The SMILES string of the molecule is Cc1cccc(OCCNC(N)=NCCc2ccccn2)c1.I. The molecule has 0 aliphatic heterocycles. The van der Waals surface area contributed by atoms with Gasteiger partial charge in [0.25, 0.3) is 0 Å². The van der Waals surface area contributed by atoms with Crippen LogP contribution in [0.5, 0.6) is 5.75 Å². The van der Waals surface area contributed by atoms with Crippen LogP contribution in [0, 0.1) is 6.92 Å². The van der Waals surface area contributed by atoms with Crippen LogP contribution < -0.4 is 15.8 Å². The number of hydrogen-bond acceptors (Lipinski definition) is 3. The van der Waals surface area contributed by atoms with Gasteiger partial charge in [0, 0.05) is 24.9 Å². The third kappa shape index (κ3) is 7.83. The molecule has 0 spiro atoms. The Morgan fingerprint density at radius 1 is 1.26 bits per heavy atom. The van der Waals surface area contributed by atoms with Crippen molar-refractivity contribution in [1.82, 2.24) is 10.3 Å². The highest BCUT2D eigenvalue weighted by atomic mass is 127. The molecule has 3 N–H and O–H groups in total. The van der Waals surface area contributed by atoms with Gasteiger partial charge in [-0.15, -0.1) is 24.0 Å². The maximum absolute atomic E-state index is 5.80. The lowest BCUT2D eigenvalue weighted by Crippen LogP contribution is -2.35. The number of rotatable bonds is 7. The molecule has 0 radical (unpaired) electrons. The van der Waals surface area contributed by atoms with Crippen molar-refractivity contribution in [2.45, 2.75) is 13.3 Å². The highest BCUT2D eigenvalue weighted by Gasteiger charge is 1.96. The number of aromatic nitrogens is 1. The molecular formula is C17H23IN4O. The van der Waals surface area contributed by atoms with E-state index in [0.717, 1.165) is 17.9 Å². The minimum absolute atomic E-state index is 0. The predicted molar refractivity (Wildman–Crippen MR) is 105 cm³/mol. The van der Waals surface area contributed by atoms with Crippen LogP contribution in [0.25, 0.3) is 0 Å². The van der Waals surface area contributed by atoms with Crippen molar-refractivity contribution in [3.8, 4) is 5.75 Å². The van der Waals surface area contributed by atoms with Gasteiger partial charge in [0.1, 0.15) is 12.4 Å². The lowest BCUT2D eigenvalue weighted by molar-refractivity contribution is 0.322. The van der Waals surface area contributed by atoms with E-state index in [9.17, 15) is 0 Å². The zero-order valence-electron chi connectivity index (χ0n) is 13.2. The molecule has 0 bridgehead atoms. The first-order valence-corrected chi connectivity index (χ1v) is 7.37. The Kier molecular flexibility index (Phi) is 9.04. The molecule has 1 aromatic heterocycles. The lowest BCUT2D eigenvalue weighted by Gasteiger charge is -2.08. The average molecular weight is 426 g/mol. The normalized spacial score (nSPS) is 10.7. The first-order chi connectivity index (χ1) is 10.7. The number of benzene rings is 1. The van der Waals surface area contributed by atoms with E-state index in [0.29, 0.717) is 25.7 Å². The van der Waals surface area contributed by atoms with E-state index in [4.69, 9.17) is 10.5 Å². The minimum Gasteiger partial charge on any atom is -0.492 e. The summed E-state index contributed by atoms with van der Waals surface area (Å²) in [6.07, 6.45) is 2.56. The number of pyridine rings is 1. The third-order valence-corrected chi connectivity index (χ3v) is 3.04. The van der Waals surface area contributed by atoms with Gasteiger partial charge in [-0.2, -0.15) is 0 Å². The average Bonchev–Trinajstić information content (AvgIpc) is 2.53. The molecular weight excluding hydrogens is 403 g/mol. The molecule has 0 atom stereocenters. The van der Waals surface area contributed by atoms with E-state index >= 15 is 0 Å². The smallest absolute Gasteiger partial charge is 0.188 e. The molecule has 124 valence electrons. The van der Waals surface area contributed by atoms with E-state index in [-0.39, 0.29) is 24.0 Å². The summed E-state index contributed by atoms with van der Waals surface area (Å²) in [6, 6.07) is 13.8. The Morgan fingerprint density at radius 2 is 2.13 bits per heavy atom. The molecule has 2 aromatic rings. The molecule has 0 unspecified atom stereocenters. The van der Waals surface area contributed by atoms with Crippen molar-refractivity contribution < 1.29 is 4.74 Å². The minimum atomic E-state index is 0. The van der Waals surface area contributed by atoms with Crippen LogP contribution in [0.2, 0.25) is 0 Å². The zero-order valence-corrected chi connectivity index (χ0v) is 15.6. The topological polar surface area (TPSA) is 72.5 Å². The Hall–Kier alpha value is -1.83. The molecule has 0 fully saturated rings. The number of nitrogens with zero attached hydrogens (tertiary/aromatic N) is 2. The number of aryl methyl sites for hydroxylation is 1. The Balaban J connectivity index is 0.00000264. The van der Waals surface area contributed by atoms with E-state index in [1.165, 1.54) is 5.56 Å². The molecule has 0 amide bonds. The number of halogens is 1. The van der Waals surface area contributed by atoms with E-state index in [1.54, 1.807) is 6.20 Å². The second-order valence-electron chi connectivity index (χ2n) is 4.93. The maximum atomic E-state index is 5.80. The van der Waals surface area contributed by atoms with Crippen LogP contribution in [-0.2, 0) is 6.42 Å². The highest BCUT2D eigenvalue weighted by molar-refractivity contribution is 14.0. The highest BCUT2D eigenvalue weighted by Crippen LogP contribution is 2.11. The summed E-state index contributed by atoms with van der Waals surface area (Å²) in [5.74, 6) is 1.30. The fraction of sp³-hybridized carbons (Fsp3) is 0.294. The van der Waals surface area contributed by atoms with Gasteiger partial charge in [-0.05, 0) is 36.8 Å². The summed E-state index contributed by atoms with van der Waals surface area (Å²) in [6.45, 7) is 3.82. The van der Waals surface area contributed by atoms with Crippen molar-refractivity contribution in [2.75, 3.05) is 19.7 Å². The van der Waals surface area contributed by atoms with Crippen LogP contribution in [0.4, 0.5) is 0 Å². The molecule has 23 heavy (non-hydrogen) atoms. The number of nitrogens with one attached hydrogen (secondary N) is 1. The van der Waals surface area contributed by atoms with Gasteiger partial charge >= 0.3 is 0 Å². The fourth-order valence-electron chi connectivity index (χ4n) is 1.95. The number of aliphatic imine (C=N–C) groups is 1. The van der Waals surface area contributed by atoms with Crippen LogP contribution >= 0.6 is 24.0 Å². The van der Waals surface area contributed by atoms with Gasteiger partial charge in [-0.3, -0.25) is 9.98 Å². The standard InChI is InChI=1S/C17H22N4O.HI/c1-14-5-4-7-16(13-14)22-12-11-21-17(18)20-10-8-15-6-2-3-9-19-15;/h2-7,9,13H,8,10-12H2,1H3,(H3,18,20,21);1H. The summed E-state index contributed by atoms with van der Waals surface area (Å²) >= 11 is 0. The van der Waals surface area contributed by atoms with Crippen molar-refractivity contribution in [2.24, 2.45) is 10.7 Å². The second-order valence-corrected chi connectivity index (χ2v) is 4.93. The third-order valence-electron chi connectivity index (χ3n) is 3.04. The zero-order chi connectivity index (χ0) is 15.6. The molecule has 0 saturated heterocycles. The number of hydrogen-bond donors (Lipinski definition) is 2. The van der Waals surface area contributed by atoms with Gasteiger partial charge in [0.2, 0.25) is 0 Å². The monoisotopic (exact) mass is 426 g/mol. The van der Waals surface area contributed by atoms with E-state index in [1.807, 2.05) is 49.4 Å². The largest absolute Gasteiger partial charge is 0.492 e. The molecule has 1 aromatic carbocycles. The van der Waals surface area contributed by atoms with Crippen molar-refractivity contribution in [1.29, 1.82) is 0 Å². The summed E-state index contributed by atoms with van der Waals surface area (Å²) in [4.78, 5) is 8.51. The molecule has 0 aliphatic rings. The first kappa shape index (κ1) is 19.2. The van der Waals surface area contributed by atoms with Crippen molar-refractivity contribution in [3.63, 3.8) is 0 Å². The number of ether oxygens (including phenoxy) is 1. The Labute approximate surface area is 154 Å². The fourth-order valence-corrected chi connectivity index (χ4v) is 1.95. The predicted octanol–water partition coefficient (Wildman–Crippen LogP) is 2.53. The Morgan fingerprint density at radius 3 is 2.87 bits per heavy atom. The molecule has 2 rings (SSSR count). The molecule has 6 heteroatoms. The molecule has 1 heterocycles. The lowest BCUT2D eigenvalue weighted by atomic mass is 10.2. The molecule has 5 nitrogen and oxygen atoms in total. The van der Waals surface area contributed by atoms with Crippen LogP contribution in [0.1, 0.15) is 11.3 Å². The maximum Gasteiger partial charge on any atom is 0.188 e. The van der Waals surface area contributed by atoms with Crippen LogP contribution in [-0.4, -0.2) is 30.6 Å². The molecule has 0 aliphatic carbocycles. The summed E-state index contributed by atoms with van der Waals surface area (Å²) in [7, 11) is 0. The van der Waals surface area contributed by atoms with Gasteiger partial charge in [-0.1, -0.05) is 18.2 Å². The summed E-state index contributed by atoms with van der Waals surface area (Å²) in [5, 5.41) is 3.04.